The van der Waals surface area contributed by atoms with E-state index in [0.29, 0.717) is 5.69 Å². The van der Waals surface area contributed by atoms with Gasteiger partial charge in [0.15, 0.2) is 6.61 Å². The molecule has 0 unspecified atom stereocenters. The van der Waals surface area contributed by atoms with E-state index < -0.39 is 28.5 Å². The van der Waals surface area contributed by atoms with Gasteiger partial charge in [0.25, 0.3) is 5.91 Å². The Balaban J connectivity index is 2.00. The molecule has 0 spiro atoms. The Morgan fingerprint density at radius 2 is 1.59 bits per heavy atom. The molecule has 0 bridgehead atoms. The van der Waals surface area contributed by atoms with Crippen LogP contribution < -0.4 is 5.32 Å². The molecule has 0 radical (unpaired) electrons. The van der Waals surface area contributed by atoms with E-state index in [1.807, 2.05) is 39.0 Å². The zero-order valence-electron chi connectivity index (χ0n) is 17.2. The Kier molecular flexibility index (Phi) is 6.81. The summed E-state index contributed by atoms with van der Waals surface area (Å²) in [6.45, 7) is 5.67. The van der Waals surface area contributed by atoms with Crippen molar-refractivity contribution in [1.29, 1.82) is 0 Å². The molecule has 0 aliphatic rings. The van der Waals surface area contributed by atoms with E-state index in [1.165, 1.54) is 38.4 Å². The summed E-state index contributed by atoms with van der Waals surface area (Å²) in [5, 5.41) is 2.76. The molecule has 2 aromatic carbocycles. The number of nitrogens with one attached hydrogen (secondary N) is 1. The van der Waals surface area contributed by atoms with Crippen molar-refractivity contribution in [3.8, 4) is 0 Å². The molecule has 8 heteroatoms. The summed E-state index contributed by atoms with van der Waals surface area (Å²) in [7, 11) is -0.730. The van der Waals surface area contributed by atoms with Crippen LogP contribution in [-0.4, -0.2) is 45.3 Å². The first-order valence-corrected chi connectivity index (χ1v) is 10.5. The van der Waals surface area contributed by atoms with Crippen molar-refractivity contribution in [2.24, 2.45) is 0 Å². The van der Waals surface area contributed by atoms with Crippen LogP contribution in [0.3, 0.4) is 0 Å². The van der Waals surface area contributed by atoms with Crippen molar-refractivity contribution < 1.29 is 22.7 Å². The lowest BCUT2D eigenvalue weighted by atomic mass is 9.86. The molecule has 0 aromatic heterocycles. The number of rotatable bonds is 6. The summed E-state index contributed by atoms with van der Waals surface area (Å²) in [6.07, 6.45) is 0. The van der Waals surface area contributed by atoms with Gasteiger partial charge >= 0.3 is 5.97 Å². The molecule has 0 saturated heterocycles. The van der Waals surface area contributed by atoms with E-state index in [9.17, 15) is 18.0 Å². The van der Waals surface area contributed by atoms with Gasteiger partial charge in [0.05, 0.1) is 10.5 Å². The van der Waals surface area contributed by atoms with Gasteiger partial charge < -0.3 is 10.1 Å². The maximum atomic E-state index is 12.2. The van der Waals surface area contributed by atoms with Crippen molar-refractivity contribution in [2.45, 2.75) is 31.1 Å². The average Bonchev–Trinajstić information content (AvgIpc) is 2.65. The topological polar surface area (TPSA) is 92.8 Å². The number of sulfonamides is 1. The quantitative estimate of drug-likeness (QED) is 0.728. The molecule has 29 heavy (non-hydrogen) atoms. The third kappa shape index (κ3) is 5.65. The van der Waals surface area contributed by atoms with E-state index >= 15 is 0 Å². The van der Waals surface area contributed by atoms with Crippen LogP contribution in [-0.2, 0) is 25.0 Å². The van der Waals surface area contributed by atoms with E-state index in [4.69, 9.17) is 4.74 Å². The molecule has 2 aromatic rings. The zero-order chi connectivity index (χ0) is 21.8. The standard InChI is InChI=1S/C21H26N2O5S/c1-21(2,3)17-8-6-7-9-18(17)22-19(24)14-28-20(25)15-10-12-16(13-11-15)29(26,27)23(4)5/h6-13H,14H2,1-5H3,(H,22,24). The van der Waals surface area contributed by atoms with Gasteiger partial charge in [0.1, 0.15) is 0 Å². The van der Waals surface area contributed by atoms with Crippen LogP contribution >= 0.6 is 0 Å². The van der Waals surface area contributed by atoms with Crippen LogP contribution in [0.2, 0.25) is 0 Å². The van der Waals surface area contributed by atoms with Gasteiger partial charge in [0.2, 0.25) is 10.0 Å². The van der Waals surface area contributed by atoms with Crippen molar-refractivity contribution >= 4 is 27.6 Å². The first-order valence-electron chi connectivity index (χ1n) is 9.02. The molecule has 0 saturated carbocycles. The highest BCUT2D eigenvalue weighted by atomic mass is 32.2. The van der Waals surface area contributed by atoms with Crippen LogP contribution in [0.1, 0.15) is 36.7 Å². The molecular weight excluding hydrogens is 392 g/mol. The summed E-state index contributed by atoms with van der Waals surface area (Å²) < 4.78 is 30.2. The Labute approximate surface area is 171 Å². The maximum Gasteiger partial charge on any atom is 0.338 e. The summed E-state index contributed by atoms with van der Waals surface area (Å²) in [5.41, 5.74) is 1.64. The van der Waals surface area contributed by atoms with E-state index in [2.05, 4.69) is 5.32 Å². The van der Waals surface area contributed by atoms with Crippen LogP contribution in [0.25, 0.3) is 0 Å². The minimum atomic E-state index is -3.58. The molecule has 0 aliphatic carbocycles. The highest BCUT2D eigenvalue weighted by molar-refractivity contribution is 7.89. The van der Waals surface area contributed by atoms with Crippen LogP contribution in [0.5, 0.6) is 0 Å². The predicted molar refractivity (Wildman–Crippen MR) is 111 cm³/mol. The van der Waals surface area contributed by atoms with Crippen LogP contribution in [0.15, 0.2) is 53.4 Å². The lowest BCUT2D eigenvalue weighted by Gasteiger charge is -2.22. The number of hydrogen-bond acceptors (Lipinski definition) is 5. The molecule has 156 valence electrons. The number of carbonyl (C=O) groups excluding carboxylic acids is 2. The molecular formula is C21H26N2O5S. The molecule has 7 nitrogen and oxygen atoms in total. The average molecular weight is 419 g/mol. The fourth-order valence-electron chi connectivity index (χ4n) is 2.62. The predicted octanol–water partition coefficient (Wildman–Crippen LogP) is 3.03. The second-order valence-electron chi connectivity index (χ2n) is 7.73. The number of amides is 1. The molecule has 1 N–H and O–H groups in total. The van der Waals surface area contributed by atoms with Gasteiger partial charge in [-0.25, -0.2) is 17.5 Å². The summed E-state index contributed by atoms with van der Waals surface area (Å²) >= 11 is 0. The highest BCUT2D eigenvalue weighted by Crippen LogP contribution is 2.29. The molecule has 0 fully saturated rings. The van der Waals surface area contributed by atoms with Crippen molar-refractivity contribution in [3.63, 3.8) is 0 Å². The van der Waals surface area contributed by atoms with E-state index in [1.54, 1.807) is 6.07 Å². The number of carbonyl (C=O) groups is 2. The fraction of sp³-hybridized carbons (Fsp3) is 0.333. The molecule has 0 atom stereocenters. The summed E-state index contributed by atoms with van der Waals surface area (Å²) in [4.78, 5) is 24.4. The normalized spacial score (nSPS) is 11.9. The molecule has 0 heterocycles. The maximum absolute atomic E-state index is 12.2. The lowest BCUT2D eigenvalue weighted by molar-refractivity contribution is -0.119. The number of nitrogens with zero attached hydrogens (tertiary/aromatic N) is 1. The number of benzene rings is 2. The number of para-hydroxylation sites is 1. The summed E-state index contributed by atoms with van der Waals surface area (Å²) in [6, 6.07) is 12.8. The minimum absolute atomic E-state index is 0.0654. The van der Waals surface area contributed by atoms with Gasteiger partial charge in [0, 0.05) is 19.8 Å². The second kappa shape index (κ2) is 8.75. The highest BCUT2D eigenvalue weighted by Gasteiger charge is 2.20. The van der Waals surface area contributed by atoms with E-state index in [0.717, 1.165) is 9.87 Å². The zero-order valence-corrected chi connectivity index (χ0v) is 18.0. The SMILES string of the molecule is CN(C)S(=O)(=O)c1ccc(C(=O)OCC(=O)Nc2ccccc2C(C)(C)C)cc1. The third-order valence-electron chi connectivity index (χ3n) is 4.21. The fourth-order valence-corrected chi connectivity index (χ4v) is 3.52. The Morgan fingerprint density at radius 3 is 2.14 bits per heavy atom. The monoisotopic (exact) mass is 418 g/mol. The second-order valence-corrected chi connectivity index (χ2v) is 9.88. The first kappa shape index (κ1) is 22.6. The van der Waals surface area contributed by atoms with Gasteiger partial charge in [-0.2, -0.15) is 0 Å². The number of anilines is 1. The molecule has 2 rings (SSSR count). The minimum Gasteiger partial charge on any atom is -0.452 e. The van der Waals surface area contributed by atoms with Gasteiger partial charge in [-0.15, -0.1) is 0 Å². The van der Waals surface area contributed by atoms with Gasteiger partial charge in [-0.3, -0.25) is 4.79 Å². The largest absolute Gasteiger partial charge is 0.452 e. The molecule has 1 amide bonds. The number of hydrogen-bond donors (Lipinski definition) is 1. The van der Waals surface area contributed by atoms with E-state index in [-0.39, 0.29) is 15.9 Å². The third-order valence-corrected chi connectivity index (χ3v) is 6.04. The Bertz CT molecular complexity index is 990. The van der Waals surface area contributed by atoms with Crippen LogP contribution in [0, 0.1) is 0 Å². The van der Waals surface area contributed by atoms with Crippen molar-refractivity contribution in [1.82, 2.24) is 4.31 Å². The van der Waals surface area contributed by atoms with Crippen molar-refractivity contribution in [2.75, 3.05) is 26.0 Å². The molecule has 0 aliphatic heterocycles. The Morgan fingerprint density at radius 1 is 1.00 bits per heavy atom. The van der Waals surface area contributed by atoms with Gasteiger partial charge in [-0.05, 0) is 41.3 Å². The van der Waals surface area contributed by atoms with Gasteiger partial charge in [-0.1, -0.05) is 39.0 Å². The summed E-state index contributed by atoms with van der Waals surface area (Å²) in [5.74, 6) is -1.17. The Hall–Kier alpha value is -2.71. The van der Waals surface area contributed by atoms with Crippen LogP contribution in [0.4, 0.5) is 5.69 Å². The smallest absolute Gasteiger partial charge is 0.338 e. The number of ether oxygens (including phenoxy) is 1. The first-order chi connectivity index (χ1) is 13.4. The van der Waals surface area contributed by atoms with Crippen molar-refractivity contribution in [3.05, 3.63) is 59.7 Å². The number of esters is 1. The lowest BCUT2D eigenvalue weighted by Crippen LogP contribution is -2.24.